The highest BCUT2D eigenvalue weighted by Crippen LogP contribution is 2.29. The minimum atomic E-state index is 0.112. The van der Waals surface area contributed by atoms with E-state index in [1.54, 1.807) is 11.3 Å². The van der Waals surface area contributed by atoms with Gasteiger partial charge in [-0.3, -0.25) is 5.10 Å². The molecule has 0 amide bonds. The van der Waals surface area contributed by atoms with Gasteiger partial charge in [0, 0.05) is 16.1 Å². The van der Waals surface area contributed by atoms with Crippen molar-refractivity contribution < 1.29 is 5.11 Å². The number of nitrogens with one attached hydrogen (secondary N) is 1. The van der Waals surface area contributed by atoms with Crippen LogP contribution in [0, 0.1) is 13.8 Å². The molecule has 2 heterocycles. The number of aryl methyl sites for hydroxylation is 2. The van der Waals surface area contributed by atoms with E-state index in [1.807, 2.05) is 19.9 Å². The van der Waals surface area contributed by atoms with Crippen molar-refractivity contribution in [1.29, 1.82) is 0 Å². The van der Waals surface area contributed by atoms with E-state index in [4.69, 9.17) is 5.11 Å². The molecule has 2 aromatic heterocycles. The number of hydrogen-bond donors (Lipinski definition) is 2. The van der Waals surface area contributed by atoms with Crippen molar-refractivity contribution in [2.45, 2.75) is 20.5 Å². The summed E-state index contributed by atoms with van der Waals surface area (Å²) in [5, 5.41) is 18.1. The molecule has 0 saturated carbocycles. The Labute approximate surface area is 86.4 Å². The van der Waals surface area contributed by atoms with E-state index in [1.165, 1.54) is 0 Å². The van der Waals surface area contributed by atoms with E-state index in [0.717, 1.165) is 27.4 Å². The first-order valence-electron chi connectivity index (χ1n) is 4.42. The molecule has 0 aliphatic carbocycles. The molecule has 14 heavy (non-hydrogen) atoms. The molecule has 0 aromatic carbocycles. The number of aliphatic hydroxyl groups excluding tert-OH is 1. The zero-order chi connectivity index (χ0) is 10.1. The van der Waals surface area contributed by atoms with Crippen molar-refractivity contribution in [2.24, 2.45) is 0 Å². The Morgan fingerprint density at radius 3 is 2.79 bits per heavy atom. The van der Waals surface area contributed by atoms with Gasteiger partial charge < -0.3 is 5.11 Å². The topological polar surface area (TPSA) is 48.9 Å². The molecule has 3 nitrogen and oxygen atoms in total. The zero-order valence-electron chi connectivity index (χ0n) is 8.16. The Morgan fingerprint density at radius 2 is 2.29 bits per heavy atom. The molecule has 0 fully saturated rings. The molecule has 0 spiro atoms. The van der Waals surface area contributed by atoms with Gasteiger partial charge in [0.2, 0.25) is 0 Å². The van der Waals surface area contributed by atoms with Gasteiger partial charge >= 0.3 is 0 Å². The monoisotopic (exact) mass is 208 g/mol. The Bertz CT molecular complexity index is 425. The molecule has 0 aliphatic rings. The third-order valence-corrected chi connectivity index (χ3v) is 3.15. The van der Waals surface area contributed by atoms with Crippen LogP contribution in [0.4, 0.5) is 0 Å². The second-order valence-corrected chi connectivity index (χ2v) is 4.26. The van der Waals surface area contributed by atoms with Gasteiger partial charge in [0.15, 0.2) is 0 Å². The first kappa shape index (κ1) is 9.43. The number of rotatable bonds is 2. The van der Waals surface area contributed by atoms with Gasteiger partial charge in [-0.25, -0.2) is 0 Å². The van der Waals surface area contributed by atoms with Crippen LogP contribution in [0.1, 0.15) is 16.3 Å². The number of H-pyrrole nitrogens is 1. The SMILES string of the molecule is Cc1n[nH]c(C)c1-c1csc(CO)c1. The molecule has 0 unspecified atom stereocenters. The summed E-state index contributed by atoms with van der Waals surface area (Å²) >= 11 is 1.57. The molecular formula is C10H12N2OS. The van der Waals surface area contributed by atoms with Gasteiger partial charge in [0.05, 0.1) is 12.3 Å². The molecule has 0 atom stereocenters. The Balaban J connectivity index is 2.48. The average molecular weight is 208 g/mol. The smallest absolute Gasteiger partial charge is 0.0774 e. The zero-order valence-corrected chi connectivity index (χ0v) is 8.98. The fourth-order valence-corrected chi connectivity index (χ4v) is 2.30. The van der Waals surface area contributed by atoms with E-state index in [9.17, 15) is 0 Å². The van der Waals surface area contributed by atoms with E-state index < -0.39 is 0 Å². The summed E-state index contributed by atoms with van der Waals surface area (Å²) in [5.41, 5.74) is 4.37. The van der Waals surface area contributed by atoms with Crippen molar-refractivity contribution in [1.82, 2.24) is 10.2 Å². The molecule has 2 rings (SSSR count). The van der Waals surface area contributed by atoms with E-state index >= 15 is 0 Å². The predicted octanol–water partition coefficient (Wildman–Crippen LogP) is 2.25. The molecule has 2 aromatic rings. The van der Waals surface area contributed by atoms with Crippen molar-refractivity contribution in [3.63, 3.8) is 0 Å². The fourth-order valence-electron chi connectivity index (χ4n) is 1.57. The van der Waals surface area contributed by atoms with Gasteiger partial charge in [0.25, 0.3) is 0 Å². The summed E-state index contributed by atoms with van der Waals surface area (Å²) in [5.74, 6) is 0. The van der Waals surface area contributed by atoms with Crippen LogP contribution in [0.25, 0.3) is 11.1 Å². The maximum Gasteiger partial charge on any atom is 0.0774 e. The third kappa shape index (κ3) is 1.47. The Kier molecular flexibility index (Phi) is 2.39. The maximum absolute atomic E-state index is 8.97. The lowest BCUT2D eigenvalue weighted by molar-refractivity contribution is 0.285. The third-order valence-electron chi connectivity index (χ3n) is 2.23. The number of aromatic amines is 1. The second kappa shape index (κ2) is 3.55. The summed E-state index contributed by atoms with van der Waals surface area (Å²) in [7, 11) is 0. The quantitative estimate of drug-likeness (QED) is 0.795. The van der Waals surface area contributed by atoms with Crippen molar-refractivity contribution in [3.05, 3.63) is 27.7 Å². The fraction of sp³-hybridized carbons (Fsp3) is 0.300. The normalized spacial score (nSPS) is 10.8. The summed E-state index contributed by atoms with van der Waals surface area (Å²) in [6.07, 6.45) is 0. The summed E-state index contributed by atoms with van der Waals surface area (Å²) in [6, 6.07) is 2.01. The Morgan fingerprint density at radius 1 is 1.50 bits per heavy atom. The molecule has 0 radical (unpaired) electrons. The van der Waals surface area contributed by atoms with Crippen LogP contribution in [-0.2, 0) is 6.61 Å². The lowest BCUT2D eigenvalue weighted by atomic mass is 10.1. The lowest BCUT2D eigenvalue weighted by Gasteiger charge is -1.95. The highest BCUT2D eigenvalue weighted by atomic mass is 32.1. The number of hydrogen-bond acceptors (Lipinski definition) is 3. The Hall–Kier alpha value is -1.13. The molecule has 74 valence electrons. The number of aromatic nitrogens is 2. The summed E-state index contributed by atoms with van der Waals surface area (Å²) < 4.78 is 0. The van der Waals surface area contributed by atoms with Gasteiger partial charge in [-0.05, 0) is 30.9 Å². The predicted molar refractivity (Wildman–Crippen MR) is 57.3 cm³/mol. The lowest BCUT2D eigenvalue weighted by Crippen LogP contribution is -1.79. The van der Waals surface area contributed by atoms with E-state index in [0.29, 0.717) is 0 Å². The average Bonchev–Trinajstić information content (AvgIpc) is 2.73. The van der Waals surface area contributed by atoms with Crippen LogP contribution < -0.4 is 0 Å². The van der Waals surface area contributed by atoms with Gasteiger partial charge in [-0.15, -0.1) is 11.3 Å². The van der Waals surface area contributed by atoms with Crippen molar-refractivity contribution >= 4 is 11.3 Å². The minimum Gasteiger partial charge on any atom is -0.391 e. The van der Waals surface area contributed by atoms with Crippen molar-refractivity contribution in [3.8, 4) is 11.1 Å². The highest BCUT2D eigenvalue weighted by Gasteiger charge is 2.10. The minimum absolute atomic E-state index is 0.112. The maximum atomic E-state index is 8.97. The van der Waals surface area contributed by atoms with Crippen LogP contribution in [0.5, 0.6) is 0 Å². The molecular weight excluding hydrogens is 196 g/mol. The second-order valence-electron chi connectivity index (χ2n) is 3.27. The first-order chi connectivity index (χ1) is 6.72. The molecule has 0 saturated heterocycles. The highest BCUT2D eigenvalue weighted by molar-refractivity contribution is 7.10. The molecule has 0 aliphatic heterocycles. The number of aliphatic hydroxyl groups is 1. The molecule has 2 N–H and O–H groups in total. The van der Waals surface area contributed by atoms with Gasteiger partial charge in [-0.2, -0.15) is 5.10 Å². The summed E-state index contributed by atoms with van der Waals surface area (Å²) in [4.78, 5) is 0.986. The van der Waals surface area contributed by atoms with E-state index in [2.05, 4.69) is 15.6 Å². The number of thiophene rings is 1. The van der Waals surface area contributed by atoms with Crippen LogP contribution in [-0.4, -0.2) is 15.3 Å². The van der Waals surface area contributed by atoms with Crippen LogP contribution in [0.15, 0.2) is 11.4 Å². The standard InChI is InChI=1S/C10H12N2OS/c1-6-10(7(2)12-11-6)8-3-9(4-13)14-5-8/h3,5,13H,4H2,1-2H3,(H,11,12). The summed E-state index contributed by atoms with van der Waals surface area (Å²) in [6.45, 7) is 4.10. The van der Waals surface area contributed by atoms with Gasteiger partial charge in [0.1, 0.15) is 0 Å². The van der Waals surface area contributed by atoms with Crippen LogP contribution in [0.3, 0.4) is 0 Å². The van der Waals surface area contributed by atoms with E-state index in [-0.39, 0.29) is 6.61 Å². The van der Waals surface area contributed by atoms with Crippen LogP contribution >= 0.6 is 11.3 Å². The first-order valence-corrected chi connectivity index (χ1v) is 5.30. The molecule has 4 heteroatoms. The van der Waals surface area contributed by atoms with Crippen molar-refractivity contribution in [2.75, 3.05) is 0 Å². The largest absolute Gasteiger partial charge is 0.391 e. The van der Waals surface area contributed by atoms with Gasteiger partial charge in [-0.1, -0.05) is 0 Å². The molecule has 0 bridgehead atoms. The number of nitrogens with zero attached hydrogens (tertiary/aromatic N) is 1. The van der Waals surface area contributed by atoms with Crippen LogP contribution in [0.2, 0.25) is 0 Å².